The van der Waals surface area contributed by atoms with Crippen molar-refractivity contribution in [3.8, 4) is 11.5 Å². The van der Waals surface area contributed by atoms with E-state index in [0.717, 1.165) is 17.3 Å². The third-order valence-corrected chi connectivity index (χ3v) is 4.50. The fourth-order valence-corrected chi connectivity index (χ4v) is 2.96. The normalized spacial score (nSPS) is 10.8. The molecule has 0 aliphatic rings. The maximum atomic E-state index is 12.0. The van der Waals surface area contributed by atoms with Gasteiger partial charge in [0.05, 0.1) is 33.3 Å². The number of anilines is 1. The molecule has 0 bridgehead atoms. The van der Waals surface area contributed by atoms with Crippen LogP contribution in [0.3, 0.4) is 0 Å². The molecule has 1 N–H and O–H groups in total. The molecule has 24 heavy (non-hydrogen) atoms. The summed E-state index contributed by atoms with van der Waals surface area (Å²) in [5.41, 5.74) is 1.10. The Kier molecular flexibility index (Phi) is 5.13. The van der Waals surface area contributed by atoms with Gasteiger partial charge in [-0.3, -0.25) is 4.79 Å². The largest absolute Gasteiger partial charge is 0.469 e. The fourth-order valence-electron chi connectivity index (χ4n) is 1.90. The molecule has 2 heterocycles. The zero-order chi connectivity index (χ0) is 17.1. The molecule has 0 unspecified atom stereocenters. The third-order valence-electron chi connectivity index (χ3n) is 3.05. The van der Waals surface area contributed by atoms with E-state index in [0.29, 0.717) is 27.4 Å². The minimum Gasteiger partial charge on any atom is -0.469 e. The molecule has 0 atom stereocenters. The van der Waals surface area contributed by atoms with Crippen LogP contribution in [-0.4, -0.2) is 21.9 Å². The monoisotopic (exact) mass is 383 g/mol. The summed E-state index contributed by atoms with van der Waals surface area (Å²) in [6.45, 7) is 1.80. The lowest BCUT2D eigenvalue weighted by molar-refractivity contribution is -0.113. The second-order valence-corrected chi connectivity index (χ2v) is 6.44. The Hall–Kier alpha value is -1.96. The van der Waals surface area contributed by atoms with Gasteiger partial charge in [0, 0.05) is 0 Å². The number of benzene rings is 1. The van der Waals surface area contributed by atoms with Crippen molar-refractivity contribution in [2.45, 2.75) is 12.1 Å². The zero-order valence-corrected chi connectivity index (χ0v) is 14.7. The molecular weight excluding hydrogens is 373 g/mol. The van der Waals surface area contributed by atoms with E-state index >= 15 is 0 Å². The summed E-state index contributed by atoms with van der Waals surface area (Å²) < 4.78 is 10.7. The molecule has 0 spiro atoms. The lowest BCUT2D eigenvalue weighted by Crippen LogP contribution is -2.14. The fraction of sp³-hybridized carbons (Fsp3) is 0.133. The number of rotatable bonds is 5. The molecule has 2 aromatic heterocycles. The van der Waals surface area contributed by atoms with Crippen LogP contribution in [-0.2, 0) is 4.79 Å². The molecule has 0 aliphatic heterocycles. The van der Waals surface area contributed by atoms with Gasteiger partial charge < -0.3 is 14.2 Å². The number of aromatic nitrogens is 2. The van der Waals surface area contributed by atoms with E-state index in [2.05, 4.69) is 15.5 Å². The van der Waals surface area contributed by atoms with Gasteiger partial charge in [-0.2, -0.15) is 0 Å². The van der Waals surface area contributed by atoms with Gasteiger partial charge in [0.1, 0.15) is 5.76 Å². The van der Waals surface area contributed by atoms with Gasteiger partial charge >= 0.3 is 0 Å². The second-order valence-electron chi connectivity index (χ2n) is 4.70. The highest BCUT2D eigenvalue weighted by atomic mass is 35.5. The Morgan fingerprint density at radius 1 is 1.25 bits per heavy atom. The van der Waals surface area contributed by atoms with E-state index < -0.39 is 0 Å². The average Bonchev–Trinajstić information content (AvgIpc) is 3.17. The van der Waals surface area contributed by atoms with Crippen LogP contribution in [0.2, 0.25) is 10.0 Å². The Morgan fingerprint density at radius 3 is 2.67 bits per heavy atom. The summed E-state index contributed by atoms with van der Waals surface area (Å²) in [4.78, 5) is 12.0. The number of nitrogens with one attached hydrogen (secondary N) is 1. The quantitative estimate of drug-likeness (QED) is 0.644. The Balaban J connectivity index is 1.61. The van der Waals surface area contributed by atoms with Gasteiger partial charge in [0.15, 0.2) is 0 Å². The number of aryl methyl sites for hydroxylation is 1. The number of carbonyl (C=O) groups is 1. The highest BCUT2D eigenvalue weighted by molar-refractivity contribution is 7.99. The van der Waals surface area contributed by atoms with E-state index in [9.17, 15) is 4.79 Å². The first-order chi connectivity index (χ1) is 11.5. The second kappa shape index (κ2) is 7.29. The van der Waals surface area contributed by atoms with Crippen molar-refractivity contribution < 1.29 is 13.6 Å². The van der Waals surface area contributed by atoms with Crippen molar-refractivity contribution in [1.29, 1.82) is 0 Å². The maximum absolute atomic E-state index is 12.0. The Bertz CT molecular complexity index is 858. The molecule has 1 amide bonds. The topological polar surface area (TPSA) is 81.2 Å². The van der Waals surface area contributed by atoms with E-state index in [4.69, 9.17) is 32.0 Å². The standard InChI is InChI=1S/C15H11Cl2N3O3S/c1-8-9(5-6-22-8)14-19-20-15(23-14)24-7-12(21)18-13-10(16)3-2-4-11(13)17/h2-6H,7H2,1H3,(H,18,21). The average molecular weight is 384 g/mol. The van der Waals surface area contributed by atoms with E-state index in [1.165, 1.54) is 0 Å². The van der Waals surface area contributed by atoms with Gasteiger partial charge in [0.25, 0.3) is 11.1 Å². The first-order valence-electron chi connectivity index (χ1n) is 6.79. The summed E-state index contributed by atoms with van der Waals surface area (Å²) in [5.74, 6) is 0.821. The van der Waals surface area contributed by atoms with E-state index in [-0.39, 0.29) is 16.9 Å². The van der Waals surface area contributed by atoms with E-state index in [1.807, 2.05) is 0 Å². The number of amides is 1. The van der Waals surface area contributed by atoms with Crippen LogP contribution in [0.25, 0.3) is 11.5 Å². The van der Waals surface area contributed by atoms with Crippen molar-refractivity contribution in [3.05, 3.63) is 46.3 Å². The smallest absolute Gasteiger partial charge is 0.277 e. The number of hydrogen-bond donors (Lipinski definition) is 1. The predicted octanol–water partition coefficient (Wildman–Crippen LogP) is 4.68. The van der Waals surface area contributed by atoms with Gasteiger partial charge in [-0.1, -0.05) is 41.0 Å². The van der Waals surface area contributed by atoms with Gasteiger partial charge in [-0.15, -0.1) is 10.2 Å². The molecule has 0 fully saturated rings. The molecule has 0 saturated carbocycles. The first kappa shape index (κ1) is 16.9. The highest BCUT2D eigenvalue weighted by Crippen LogP contribution is 2.30. The summed E-state index contributed by atoms with van der Waals surface area (Å²) >= 11 is 13.1. The van der Waals surface area contributed by atoms with Gasteiger partial charge in [-0.05, 0) is 25.1 Å². The third kappa shape index (κ3) is 3.75. The first-order valence-corrected chi connectivity index (χ1v) is 8.53. The minimum atomic E-state index is -0.283. The SMILES string of the molecule is Cc1occc1-c1nnc(SCC(=O)Nc2c(Cl)cccc2Cl)o1. The van der Waals surface area contributed by atoms with Gasteiger partial charge in [0.2, 0.25) is 5.91 Å². The van der Waals surface area contributed by atoms with Crippen molar-refractivity contribution in [3.63, 3.8) is 0 Å². The Labute approximate surface area is 151 Å². The lowest BCUT2D eigenvalue weighted by atomic mass is 10.3. The minimum absolute atomic E-state index is 0.0769. The number of halogens is 2. The van der Waals surface area contributed by atoms with Crippen LogP contribution in [0.1, 0.15) is 5.76 Å². The maximum Gasteiger partial charge on any atom is 0.277 e. The molecule has 6 nitrogen and oxygen atoms in total. The van der Waals surface area contributed by atoms with Crippen LogP contribution in [0.5, 0.6) is 0 Å². The molecule has 3 aromatic rings. The predicted molar refractivity (Wildman–Crippen MR) is 92.6 cm³/mol. The van der Waals surface area contributed by atoms with E-state index in [1.54, 1.807) is 37.5 Å². The van der Waals surface area contributed by atoms with Crippen molar-refractivity contribution in [2.24, 2.45) is 0 Å². The number of furan rings is 1. The summed E-state index contributed by atoms with van der Waals surface area (Å²) in [6, 6.07) is 6.73. The number of nitrogens with zero attached hydrogens (tertiary/aromatic N) is 2. The van der Waals surface area contributed by atoms with Crippen LogP contribution in [0, 0.1) is 6.92 Å². The Morgan fingerprint density at radius 2 is 2.00 bits per heavy atom. The number of thioether (sulfide) groups is 1. The molecule has 1 aromatic carbocycles. The molecule has 3 rings (SSSR count). The molecule has 0 radical (unpaired) electrons. The van der Waals surface area contributed by atoms with Gasteiger partial charge in [-0.25, -0.2) is 0 Å². The lowest BCUT2D eigenvalue weighted by Gasteiger charge is -2.08. The van der Waals surface area contributed by atoms with Crippen LogP contribution >= 0.6 is 35.0 Å². The van der Waals surface area contributed by atoms with Crippen LogP contribution in [0.4, 0.5) is 5.69 Å². The number of para-hydroxylation sites is 1. The van der Waals surface area contributed by atoms with Crippen molar-refractivity contribution in [2.75, 3.05) is 11.1 Å². The van der Waals surface area contributed by atoms with Crippen molar-refractivity contribution in [1.82, 2.24) is 10.2 Å². The molecule has 0 aliphatic carbocycles. The molecule has 9 heteroatoms. The van der Waals surface area contributed by atoms with Crippen LogP contribution < -0.4 is 5.32 Å². The zero-order valence-electron chi connectivity index (χ0n) is 12.4. The summed E-state index contributed by atoms with van der Waals surface area (Å²) in [5, 5.41) is 11.5. The highest BCUT2D eigenvalue weighted by Gasteiger charge is 2.15. The number of hydrogen-bond acceptors (Lipinski definition) is 6. The van der Waals surface area contributed by atoms with Crippen LogP contribution in [0.15, 0.2) is 44.6 Å². The summed E-state index contributed by atoms with van der Waals surface area (Å²) in [7, 11) is 0. The number of carbonyl (C=O) groups excluding carboxylic acids is 1. The molecule has 124 valence electrons. The van der Waals surface area contributed by atoms with Crippen molar-refractivity contribution >= 4 is 46.6 Å². The molecule has 0 saturated heterocycles. The summed E-state index contributed by atoms with van der Waals surface area (Å²) in [6.07, 6.45) is 1.54. The molecular formula is C15H11Cl2N3O3S.